The maximum atomic E-state index is 13.9. The van der Waals surface area contributed by atoms with Crippen LogP contribution in [0.2, 0.25) is 5.02 Å². The van der Waals surface area contributed by atoms with Crippen molar-refractivity contribution in [1.82, 2.24) is 10.0 Å². The zero-order valence-electron chi connectivity index (χ0n) is 19.7. The molecule has 0 spiro atoms. The number of carbonyl (C=O) groups is 3. The Bertz CT molecular complexity index is 1570. The Labute approximate surface area is 264 Å². The number of non-ortho nitro benzene ring substituents is 1. The number of nitro benzene ring substituents is 2. The van der Waals surface area contributed by atoms with Crippen LogP contribution >= 0.6 is 81.2 Å². The molecule has 1 heterocycles. The third-order valence-electron chi connectivity index (χ3n) is 7.25. The van der Waals surface area contributed by atoms with Gasteiger partial charge in [-0.1, -0.05) is 58.0 Å². The summed E-state index contributed by atoms with van der Waals surface area (Å²) < 4.78 is -2.23. The number of nitrogens with zero attached hydrogens (tertiary/aromatic N) is 4. The average Bonchev–Trinajstić information content (AvgIpc) is 3.30. The number of hydrazine groups is 1. The highest BCUT2D eigenvalue weighted by Gasteiger charge is 2.88. The summed E-state index contributed by atoms with van der Waals surface area (Å²) in [7, 11) is 0. The second-order valence-corrected chi connectivity index (χ2v) is 13.0. The third kappa shape index (κ3) is 3.90. The van der Waals surface area contributed by atoms with Crippen molar-refractivity contribution >= 4 is 110 Å². The van der Waals surface area contributed by atoms with Gasteiger partial charge in [-0.2, -0.15) is 5.01 Å². The van der Waals surface area contributed by atoms with Gasteiger partial charge in [0.2, 0.25) is 0 Å². The predicted octanol–water partition coefficient (Wildman–Crippen LogP) is 6.16. The van der Waals surface area contributed by atoms with Crippen molar-refractivity contribution in [2.75, 3.05) is 0 Å². The number of benzene rings is 2. The zero-order chi connectivity index (χ0) is 30.4. The maximum absolute atomic E-state index is 13.9. The van der Waals surface area contributed by atoms with Crippen LogP contribution in [0.15, 0.2) is 52.5 Å². The Morgan fingerprint density at radius 2 is 1.37 bits per heavy atom. The van der Waals surface area contributed by atoms with E-state index in [1.54, 1.807) is 0 Å². The quantitative estimate of drug-likeness (QED) is 0.152. The molecule has 18 heteroatoms. The Morgan fingerprint density at radius 1 is 0.854 bits per heavy atom. The Hall–Kier alpha value is -2.38. The lowest BCUT2D eigenvalue weighted by atomic mass is 9.84. The lowest BCUT2D eigenvalue weighted by Gasteiger charge is -2.37. The van der Waals surface area contributed by atoms with Gasteiger partial charge in [0.25, 0.3) is 29.1 Å². The van der Waals surface area contributed by atoms with E-state index in [1.807, 2.05) is 0 Å². The predicted molar refractivity (Wildman–Crippen MR) is 150 cm³/mol. The molecule has 1 aliphatic heterocycles. The minimum absolute atomic E-state index is 0.0113. The molecule has 1 saturated carbocycles. The highest BCUT2D eigenvalue weighted by molar-refractivity contribution is 6.66. The van der Waals surface area contributed by atoms with Gasteiger partial charge in [0.1, 0.15) is 9.75 Å². The molecule has 4 atom stereocenters. The van der Waals surface area contributed by atoms with Crippen molar-refractivity contribution in [3.8, 4) is 0 Å². The van der Waals surface area contributed by atoms with Gasteiger partial charge in [0, 0.05) is 28.8 Å². The van der Waals surface area contributed by atoms with Crippen molar-refractivity contribution < 1.29 is 24.2 Å². The highest BCUT2D eigenvalue weighted by Crippen LogP contribution is 2.77. The summed E-state index contributed by atoms with van der Waals surface area (Å²) in [5.74, 6) is -6.38. The number of nitro groups is 2. The van der Waals surface area contributed by atoms with Gasteiger partial charge in [-0.15, -0.1) is 23.2 Å². The SMILES string of the molecule is O=C(c1ccc([N+](=O)[O-])cc1)N(Cc1ccc(Cl)cc1[N+](=O)[O-])N1C(=O)[C@H]2[C@H](C1=O)[C@@]1(Cl)C(Cl)=C(Cl)[C@@]2(Cl)C1(Cl)Cl. The molecule has 3 aliphatic rings. The van der Waals surface area contributed by atoms with Crippen LogP contribution in [-0.2, 0) is 16.1 Å². The molecule has 2 bridgehead atoms. The molecule has 11 nitrogen and oxygen atoms in total. The molecule has 2 aromatic carbocycles. The van der Waals surface area contributed by atoms with Crippen LogP contribution in [0.1, 0.15) is 15.9 Å². The number of imide groups is 1. The molecule has 41 heavy (non-hydrogen) atoms. The second kappa shape index (κ2) is 9.84. The van der Waals surface area contributed by atoms with E-state index in [4.69, 9.17) is 81.2 Å². The van der Waals surface area contributed by atoms with Gasteiger partial charge in [0.15, 0.2) is 4.33 Å². The number of amides is 3. The first-order chi connectivity index (χ1) is 19.0. The van der Waals surface area contributed by atoms with Crippen LogP contribution in [0.3, 0.4) is 0 Å². The molecular formula is C23H11Cl7N4O7. The van der Waals surface area contributed by atoms with Gasteiger partial charge in [-0.25, -0.2) is 5.01 Å². The molecule has 214 valence electrons. The molecule has 0 N–H and O–H groups in total. The van der Waals surface area contributed by atoms with Crippen LogP contribution in [0, 0.1) is 32.1 Å². The largest absolute Gasteiger partial charge is 0.275 e. The lowest BCUT2D eigenvalue weighted by Crippen LogP contribution is -2.55. The van der Waals surface area contributed by atoms with Crippen LogP contribution in [-0.4, -0.2) is 51.7 Å². The van der Waals surface area contributed by atoms with Gasteiger partial charge in [-0.3, -0.25) is 34.6 Å². The summed E-state index contributed by atoms with van der Waals surface area (Å²) in [6.07, 6.45) is 0. The molecule has 0 radical (unpaired) electrons. The molecule has 0 aromatic heterocycles. The van der Waals surface area contributed by atoms with Gasteiger partial charge >= 0.3 is 0 Å². The monoisotopic (exact) mass is 700 g/mol. The van der Waals surface area contributed by atoms with E-state index in [-0.39, 0.29) is 31.9 Å². The van der Waals surface area contributed by atoms with E-state index in [0.29, 0.717) is 10.0 Å². The molecule has 2 fully saturated rings. The van der Waals surface area contributed by atoms with Crippen molar-refractivity contribution in [2.45, 2.75) is 20.6 Å². The summed E-state index contributed by atoms with van der Waals surface area (Å²) in [5, 5.41) is 23.2. The van der Waals surface area contributed by atoms with E-state index in [9.17, 15) is 34.6 Å². The van der Waals surface area contributed by atoms with Gasteiger partial charge in [0.05, 0.1) is 43.9 Å². The summed E-state index contributed by atoms with van der Waals surface area (Å²) >= 11 is 45.1. The van der Waals surface area contributed by atoms with Crippen LogP contribution < -0.4 is 0 Å². The first-order valence-corrected chi connectivity index (χ1v) is 13.8. The number of allylic oxidation sites excluding steroid dienone is 2. The molecule has 1 saturated heterocycles. The number of rotatable bonds is 6. The lowest BCUT2D eigenvalue weighted by molar-refractivity contribution is -0.385. The minimum atomic E-state index is -2.23. The van der Waals surface area contributed by atoms with Crippen LogP contribution in [0.4, 0.5) is 11.4 Å². The fourth-order valence-electron chi connectivity index (χ4n) is 5.33. The minimum Gasteiger partial charge on any atom is -0.272 e. The summed E-state index contributed by atoms with van der Waals surface area (Å²) in [6, 6.07) is 7.79. The van der Waals surface area contributed by atoms with Crippen molar-refractivity contribution in [2.24, 2.45) is 11.8 Å². The van der Waals surface area contributed by atoms with Crippen molar-refractivity contribution in [1.29, 1.82) is 0 Å². The number of alkyl halides is 4. The van der Waals surface area contributed by atoms with E-state index in [1.165, 1.54) is 12.1 Å². The number of hydrogen-bond donors (Lipinski definition) is 0. The third-order valence-corrected chi connectivity index (χ3v) is 11.7. The fourth-order valence-corrected chi connectivity index (χ4v) is 8.42. The highest BCUT2D eigenvalue weighted by atomic mass is 35.5. The van der Waals surface area contributed by atoms with Crippen LogP contribution in [0.25, 0.3) is 0 Å². The zero-order valence-corrected chi connectivity index (χ0v) is 25.0. The standard InChI is InChI=1S/C23H11Cl7N4O7/c24-11-4-1-10(13(7-11)34(40)41)8-31(18(35)9-2-5-12(6-3-9)33(38)39)32-19(36)14-15(20(32)37)22(28)17(26)16(25)21(14,27)23(22,29)30/h1-7,14-15H,8H2/t14-,15-,21-,22-/m1/s1. The van der Waals surface area contributed by atoms with E-state index < -0.39 is 65.7 Å². The average molecular weight is 704 g/mol. The molecule has 5 rings (SSSR count). The Morgan fingerprint density at radius 3 is 1.83 bits per heavy atom. The topological polar surface area (TPSA) is 144 Å². The van der Waals surface area contributed by atoms with Gasteiger partial charge < -0.3 is 0 Å². The number of hydrogen-bond acceptors (Lipinski definition) is 7. The number of halogens is 7. The molecular weight excluding hydrogens is 692 g/mol. The fraction of sp³-hybridized carbons (Fsp3) is 0.261. The second-order valence-electron chi connectivity index (χ2n) is 9.27. The van der Waals surface area contributed by atoms with Crippen LogP contribution in [0.5, 0.6) is 0 Å². The molecule has 0 unspecified atom stereocenters. The maximum Gasteiger partial charge on any atom is 0.275 e. The van der Waals surface area contributed by atoms with E-state index >= 15 is 0 Å². The molecule has 2 aliphatic carbocycles. The first kappa shape index (κ1) is 30.1. The normalized spacial score (nSPS) is 27.8. The smallest absolute Gasteiger partial charge is 0.272 e. The summed E-state index contributed by atoms with van der Waals surface area (Å²) in [5.41, 5.74) is -1.18. The van der Waals surface area contributed by atoms with E-state index in [0.717, 1.165) is 30.3 Å². The van der Waals surface area contributed by atoms with Gasteiger partial charge in [-0.05, 0) is 24.3 Å². The number of carbonyl (C=O) groups excluding carboxylic acids is 3. The van der Waals surface area contributed by atoms with E-state index in [2.05, 4.69) is 0 Å². The molecule has 3 amide bonds. The van der Waals surface area contributed by atoms with Crippen molar-refractivity contribution in [3.63, 3.8) is 0 Å². The summed E-state index contributed by atoms with van der Waals surface area (Å²) in [6.45, 7) is -0.702. The Kier molecular flexibility index (Phi) is 7.22. The Balaban J connectivity index is 1.64. The van der Waals surface area contributed by atoms with Crippen molar-refractivity contribution in [3.05, 3.63) is 88.9 Å². The molecule has 2 aromatic rings. The first-order valence-electron chi connectivity index (χ1n) is 11.2. The number of fused-ring (bicyclic) bond motifs is 5. The summed E-state index contributed by atoms with van der Waals surface area (Å²) in [4.78, 5) is 58.7.